The lowest BCUT2D eigenvalue weighted by Gasteiger charge is -2.15. The van der Waals surface area contributed by atoms with E-state index in [-0.39, 0.29) is 5.41 Å². The van der Waals surface area contributed by atoms with Crippen LogP contribution in [0.3, 0.4) is 0 Å². The van der Waals surface area contributed by atoms with Gasteiger partial charge < -0.3 is 5.11 Å². The Kier molecular flexibility index (Phi) is 2.75. The van der Waals surface area contributed by atoms with Crippen molar-refractivity contribution < 1.29 is 5.11 Å². The van der Waals surface area contributed by atoms with Crippen molar-refractivity contribution in [2.45, 2.75) is 27.2 Å². The molecule has 1 aromatic heterocycles. The van der Waals surface area contributed by atoms with Gasteiger partial charge >= 0.3 is 0 Å². The fraction of sp³-hybridized carbons (Fsp3) is 0.312. The topological polar surface area (TPSA) is 33.1 Å². The predicted octanol–water partition coefficient (Wildman–Crippen LogP) is 4.74. The lowest BCUT2D eigenvalue weighted by Crippen LogP contribution is -2.08. The van der Waals surface area contributed by atoms with Crippen molar-refractivity contribution in [3.63, 3.8) is 0 Å². The summed E-state index contributed by atoms with van der Waals surface area (Å²) in [5, 5.41) is 13.1. The molecule has 2 nitrogen and oxygen atoms in total. The molecule has 0 fully saturated rings. The van der Waals surface area contributed by atoms with Crippen molar-refractivity contribution >= 4 is 32.3 Å². The second-order valence-corrected chi connectivity index (χ2v) is 7.25. The van der Waals surface area contributed by atoms with Gasteiger partial charge in [0.05, 0.1) is 15.2 Å². The summed E-state index contributed by atoms with van der Waals surface area (Å²) < 4.78 is 1.07. The number of nitrogens with zero attached hydrogens (tertiary/aromatic N) is 1. The minimum atomic E-state index is 0.228. The number of aromatic hydroxyl groups is 1. The van der Waals surface area contributed by atoms with Gasteiger partial charge in [-0.15, -0.1) is 11.3 Å². The summed E-state index contributed by atoms with van der Waals surface area (Å²) in [5.74, 6) is 0.342. The van der Waals surface area contributed by atoms with Crippen LogP contribution in [-0.2, 0) is 6.42 Å². The summed E-state index contributed by atoms with van der Waals surface area (Å²) >= 11 is 1.68. The quantitative estimate of drug-likeness (QED) is 0.693. The van der Waals surface area contributed by atoms with Crippen molar-refractivity contribution in [2.75, 3.05) is 0 Å². The third kappa shape index (κ3) is 2.30. The summed E-state index contributed by atoms with van der Waals surface area (Å²) in [6.07, 6.45) is 0.960. The highest BCUT2D eigenvalue weighted by Gasteiger charge is 2.16. The van der Waals surface area contributed by atoms with Crippen LogP contribution < -0.4 is 0 Å². The highest BCUT2D eigenvalue weighted by molar-refractivity contribution is 7.18. The molecule has 3 aromatic rings. The van der Waals surface area contributed by atoms with Gasteiger partial charge in [0.1, 0.15) is 5.75 Å². The molecule has 0 aliphatic rings. The molecule has 0 radical (unpaired) electrons. The van der Waals surface area contributed by atoms with Gasteiger partial charge in [-0.05, 0) is 11.5 Å². The first-order valence-electron chi connectivity index (χ1n) is 6.44. The van der Waals surface area contributed by atoms with Crippen LogP contribution in [0.25, 0.3) is 21.0 Å². The van der Waals surface area contributed by atoms with E-state index in [9.17, 15) is 5.11 Å². The molecule has 0 saturated heterocycles. The van der Waals surface area contributed by atoms with Crippen molar-refractivity contribution in [3.8, 4) is 5.75 Å². The minimum absolute atomic E-state index is 0.228. The van der Waals surface area contributed by atoms with E-state index in [1.54, 1.807) is 11.3 Å². The van der Waals surface area contributed by atoms with Crippen LogP contribution >= 0.6 is 11.3 Å². The molecule has 0 spiro atoms. The zero-order valence-electron chi connectivity index (χ0n) is 11.4. The Balaban J connectivity index is 2.25. The number of thiazole rings is 1. The normalized spacial score (nSPS) is 12.4. The average Bonchev–Trinajstić information content (AvgIpc) is 2.69. The molecular weight excluding hydrogens is 254 g/mol. The molecule has 3 heteroatoms. The van der Waals surface area contributed by atoms with E-state index < -0.39 is 0 Å². The van der Waals surface area contributed by atoms with Crippen molar-refractivity contribution in [1.29, 1.82) is 0 Å². The van der Waals surface area contributed by atoms with Gasteiger partial charge in [0.2, 0.25) is 0 Å². The number of hydrogen-bond acceptors (Lipinski definition) is 3. The first-order chi connectivity index (χ1) is 8.94. The highest BCUT2D eigenvalue weighted by Crippen LogP contribution is 2.36. The van der Waals surface area contributed by atoms with Crippen LogP contribution in [0.4, 0.5) is 0 Å². The zero-order chi connectivity index (χ0) is 13.6. The van der Waals surface area contributed by atoms with Gasteiger partial charge in [-0.3, -0.25) is 0 Å². The molecule has 0 aliphatic carbocycles. The predicted molar refractivity (Wildman–Crippen MR) is 81.9 cm³/mol. The SMILES string of the molecule is CC(C)(C)Cc1nc2c(cc(O)c3ccccc32)s1. The Morgan fingerprint density at radius 1 is 1.16 bits per heavy atom. The molecular formula is C16H17NOS. The van der Waals surface area contributed by atoms with E-state index >= 15 is 0 Å². The molecule has 3 rings (SSSR count). The Bertz CT molecular complexity index is 752. The van der Waals surface area contributed by atoms with E-state index in [1.807, 2.05) is 30.3 Å². The van der Waals surface area contributed by atoms with E-state index in [0.717, 1.165) is 32.4 Å². The molecule has 0 bridgehead atoms. The number of phenolic OH excluding ortho intramolecular Hbond substituents is 1. The lowest BCUT2D eigenvalue weighted by molar-refractivity contribution is 0.411. The van der Waals surface area contributed by atoms with Crippen LogP contribution in [0.2, 0.25) is 0 Å². The first-order valence-corrected chi connectivity index (χ1v) is 7.26. The van der Waals surface area contributed by atoms with E-state index in [0.29, 0.717) is 5.75 Å². The molecule has 98 valence electrons. The lowest BCUT2D eigenvalue weighted by atomic mass is 9.93. The maximum Gasteiger partial charge on any atom is 0.124 e. The number of phenols is 1. The smallest absolute Gasteiger partial charge is 0.124 e. The summed E-state index contributed by atoms with van der Waals surface area (Å²) in [6, 6.07) is 9.73. The molecule has 0 amide bonds. The second kappa shape index (κ2) is 4.20. The number of fused-ring (bicyclic) bond motifs is 3. The standard InChI is InChI=1S/C16H17NOS/c1-16(2,3)9-14-17-15-11-7-5-4-6-10(11)12(18)8-13(15)19-14/h4-8,18H,9H2,1-3H3. The Hall–Kier alpha value is -1.61. The van der Waals surface area contributed by atoms with Crippen molar-refractivity contribution in [3.05, 3.63) is 35.3 Å². The van der Waals surface area contributed by atoms with Gasteiger partial charge in [-0.1, -0.05) is 45.0 Å². The van der Waals surface area contributed by atoms with Crippen LogP contribution in [-0.4, -0.2) is 10.1 Å². The Labute approximate surface area is 116 Å². The molecule has 0 unspecified atom stereocenters. The third-order valence-corrected chi connectivity index (χ3v) is 4.11. The van der Waals surface area contributed by atoms with Gasteiger partial charge in [0, 0.05) is 17.2 Å². The molecule has 0 saturated carbocycles. The van der Waals surface area contributed by atoms with Crippen LogP contribution in [0.5, 0.6) is 5.75 Å². The Morgan fingerprint density at radius 3 is 2.53 bits per heavy atom. The molecule has 1 heterocycles. The second-order valence-electron chi connectivity index (χ2n) is 6.13. The van der Waals surface area contributed by atoms with Crippen LogP contribution in [0.15, 0.2) is 30.3 Å². The molecule has 0 atom stereocenters. The van der Waals surface area contributed by atoms with E-state index in [2.05, 4.69) is 20.8 Å². The molecule has 0 aliphatic heterocycles. The first kappa shape index (κ1) is 12.4. The van der Waals surface area contributed by atoms with Gasteiger partial charge in [-0.2, -0.15) is 0 Å². The summed E-state index contributed by atoms with van der Waals surface area (Å²) in [4.78, 5) is 4.77. The van der Waals surface area contributed by atoms with Crippen LogP contribution in [0, 0.1) is 5.41 Å². The van der Waals surface area contributed by atoms with Crippen LogP contribution in [0.1, 0.15) is 25.8 Å². The minimum Gasteiger partial charge on any atom is -0.507 e. The number of benzene rings is 2. The fourth-order valence-corrected chi connectivity index (χ4v) is 3.63. The largest absolute Gasteiger partial charge is 0.507 e. The van der Waals surface area contributed by atoms with E-state index in [1.165, 1.54) is 0 Å². The maximum absolute atomic E-state index is 10.1. The van der Waals surface area contributed by atoms with Gasteiger partial charge in [0.15, 0.2) is 0 Å². The maximum atomic E-state index is 10.1. The summed E-state index contributed by atoms with van der Waals surface area (Å²) in [6.45, 7) is 6.65. The monoisotopic (exact) mass is 271 g/mol. The number of hydrogen-bond donors (Lipinski definition) is 1. The fourth-order valence-electron chi connectivity index (χ4n) is 2.31. The summed E-state index contributed by atoms with van der Waals surface area (Å²) in [5.41, 5.74) is 1.24. The van der Waals surface area contributed by atoms with Crippen molar-refractivity contribution in [1.82, 2.24) is 4.98 Å². The molecule has 2 aromatic carbocycles. The molecule has 1 N–H and O–H groups in total. The van der Waals surface area contributed by atoms with Crippen molar-refractivity contribution in [2.24, 2.45) is 5.41 Å². The number of rotatable bonds is 1. The Morgan fingerprint density at radius 2 is 1.84 bits per heavy atom. The third-order valence-electron chi connectivity index (χ3n) is 3.11. The number of aromatic nitrogens is 1. The zero-order valence-corrected chi connectivity index (χ0v) is 12.2. The average molecular weight is 271 g/mol. The molecule has 19 heavy (non-hydrogen) atoms. The van der Waals surface area contributed by atoms with Gasteiger partial charge in [-0.25, -0.2) is 4.98 Å². The van der Waals surface area contributed by atoms with E-state index in [4.69, 9.17) is 4.98 Å². The summed E-state index contributed by atoms with van der Waals surface area (Å²) in [7, 11) is 0. The van der Waals surface area contributed by atoms with Gasteiger partial charge in [0.25, 0.3) is 0 Å². The highest BCUT2D eigenvalue weighted by atomic mass is 32.1.